The van der Waals surface area contributed by atoms with Crippen LogP contribution >= 0.6 is 0 Å². The van der Waals surface area contributed by atoms with Crippen LogP contribution in [0, 0.1) is 6.92 Å². The van der Waals surface area contributed by atoms with Crippen LogP contribution in [0.4, 0.5) is 0 Å². The van der Waals surface area contributed by atoms with Crippen LogP contribution in [0.25, 0.3) is 0 Å². The third kappa shape index (κ3) is 4.64. The van der Waals surface area contributed by atoms with Crippen LogP contribution in [0.3, 0.4) is 0 Å². The van der Waals surface area contributed by atoms with Gasteiger partial charge in [0.2, 0.25) is 0 Å². The Labute approximate surface area is 137 Å². The van der Waals surface area contributed by atoms with Crippen molar-refractivity contribution in [1.82, 2.24) is 0 Å². The van der Waals surface area contributed by atoms with E-state index in [9.17, 15) is 21.0 Å². The van der Waals surface area contributed by atoms with Crippen LogP contribution < -0.4 is 0 Å². The van der Waals surface area contributed by atoms with E-state index in [1.165, 1.54) is 6.92 Å². The molecule has 1 rings (SSSR count). The first-order valence-electron chi connectivity index (χ1n) is 4.15. The molecule has 0 saturated heterocycles. The molecule has 0 saturated carbocycles. The summed E-state index contributed by atoms with van der Waals surface area (Å²) in [6.07, 6.45) is 0. The van der Waals surface area contributed by atoms with Gasteiger partial charge in [-0.05, 0) is 24.6 Å². The maximum Gasteiger partial charge on any atom is 0.295 e. The average molecular weight is 405 g/mol. The van der Waals surface area contributed by atoms with Crippen LogP contribution in [-0.2, 0) is 64.0 Å². The largest absolute Gasteiger partial charge is 0.302 e. The van der Waals surface area contributed by atoms with Gasteiger partial charge in [0.25, 0.3) is 20.2 Å². The monoisotopic (exact) mass is 405 g/mol. The molecule has 0 aliphatic rings. The van der Waals surface area contributed by atoms with Crippen molar-refractivity contribution in [3.05, 3.63) is 17.7 Å². The van der Waals surface area contributed by atoms with Gasteiger partial charge in [0.05, 0.1) is 9.79 Å². The van der Waals surface area contributed by atoms with Gasteiger partial charge in [-0.15, -0.1) is 0 Å². The standard InChI is InChI=1S/C7H8O8S3.Y/c1-4-2-5(16(8)9)7(18(13,14)15)3-6(4)17(10,11)12;/h2-3H,1H3,(H,8,9)(H,10,11,12)(H,13,14,15);. The molecule has 8 nitrogen and oxygen atoms in total. The summed E-state index contributed by atoms with van der Waals surface area (Å²) in [5, 5.41) is 0. The molecule has 1 aromatic rings. The fourth-order valence-electron chi connectivity index (χ4n) is 1.26. The Bertz CT molecular complexity index is 721. The summed E-state index contributed by atoms with van der Waals surface area (Å²) in [5.74, 6) is 0. The zero-order valence-corrected chi connectivity index (χ0v) is 14.6. The SMILES string of the molecule is Cc1cc(S(=O)O)c(S(=O)(=O)O)cc1S(=O)(=O)O.[Y]. The molecule has 3 N–H and O–H groups in total. The predicted octanol–water partition coefficient (Wildman–Crippen LogP) is 0.0665. The van der Waals surface area contributed by atoms with E-state index in [0.29, 0.717) is 6.07 Å². The molecule has 12 heteroatoms. The van der Waals surface area contributed by atoms with Crippen molar-refractivity contribution >= 4 is 31.3 Å². The van der Waals surface area contributed by atoms with Crippen molar-refractivity contribution in [2.45, 2.75) is 21.6 Å². The Balaban J connectivity index is 0.00000324. The first-order chi connectivity index (χ1) is 7.94. The average Bonchev–Trinajstić information content (AvgIpc) is 2.12. The van der Waals surface area contributed by atoms with Crippen molar-refractivity contribution in [1.29, 1.82) is 0 Å². The molecule has 0 aliphatic heterocycles. The van der Waals surface area contributed by atoms with E-state index in [1.807, 2.05) is 0 Å². The molecular weight excluding hydrogens is 397 g/mol. The van der Waals surface area contributed by atoms with E-state index in [2.05, 4.69) is 0 Å². The number of aryl methyl sites for hydroxylation is 1. The first kappa shape index (κ1) is 19.3. The Morgan fingerprint density at radius 3 is 1.74 bits per heavy atom. The number of benzene rings is 1. The Morgan fingerprint density at radius 2 is 1.42 bits per heavy atom. The number of hydrogen-bond donors (Lipinski definition) is 3. The molecule has 1 radical (unpaired) electrons. The Kier molecular flexibility index (Phi) is 6.43. The van der Waals surface area contributed by atoms with Gasteiger partial charge in [-0.3, -0.25) is 9.11 Å². The molecule has 19 heavy (non-hydrogen) atoms. The minimum Gasteiger partial charge on any atom is -0.302 e. The fraction of sp³-hybridized carbons (Fsp3) is 0.143. The minimum absolute atomic E-state index is 0. The molecule has 105 valence electrons. The summed E-state index contributed by atoms with van der Waals surface area (Å²) in [4.78, 5) is -2.51. The van der Waals surface area contributed by atoms with Crippen molar-refractivity contribution < 1.29 is 67.4 Å². The minimum atomic E-state index is -4.91. The second-order valence-electron chi connectivity index (χ2n) is 3.26. The van der Waals surface area contributed by atoms with E-state index in [1.54, 1.807) is 0 Å². The van der Waals surface area contributed by atoms with E-state index in [0.717, 1.165) is 6.07 Å². The van der Waals surface area contributed by atoms with Gasteiger partial charge in [0, 0.05) is 32.7 Å². The second kappa shape index (κ2) is 6.35. The van der Waals surface area contributed by atoms with Gasteiger partial charge < -0.3 is 4.55 Å². The normalized spacial score (nSPS) is 13.7. The van der Waals surface area contributed by atoms with Crippen molar-refractivity contribution in [3.8, 4) is 0 Å². The summed E-state index contributed by atoms with van der Waals surface area (Å²) in [5.41, 5.74) is -0.137. The number of hydrogen-bond acceptors (Lipinski definition) is 5. The van der Waals surface area contributed by atoms with Crippen LogP contribution in [0.1, 0.15) is 5.56 Å². The molecule has 0 heterocycles. The second-order valence-corrected chi connectivity index (χ2v) is 6.98. The summed E-state index contributed by atoms with van der Waals surface area (Å²) >= 11 is -2.75. The predicted molar refractivity (Wildman–Crippen MR) is 59.8 cm³/mol. The molecule has 0 fully saturated rings. The quantitative estimate of drug-likeness (QED) is 0.473. The first-order valence-corrected chi connectivity index (χ1v) is 8.13. The van der Waals surface area contributed by atoms with Crippen molar-refractivity contribution in [2.75, 3.05) is 0 Å². The molecule has 1 aromatic carbocycles. The van der Waals surface area contributed by atoms with E-state index < -0.39 is 46.0 Å². The smallest absolute Gasteiger partial charge is 0.295 e. The summed E-state index contributed by atoms with van der Waals surface area (Å²) < 4.78 is 81.3. The topological polar surface area (TPSA) is 146 Å². The maximum absolute atomic E-state index is 11.0. The van der Waals surface area contributed by atoms with Crippen LogP contribution in [0.2, 0.25) is 0 Å². The van der Waals surface area contributed by atoms with Crippen LogP contribution in [0.5, 0.6) is 0 Å². The summed E-state index contributed by atoms with van der Waals surface area (Å²) in [6, 6.07) is 1.20. The molecule has 0 spiro atoms. The fourth-order valence-corrected chi connectivity index (χ4v) is 3.68. The van der Waals surface area contributed by atoms with Crippen LogP contribution in [-0.4, -0.2) is 34.7 Å². The molecule has 1 atom stereocenters. The summed E-state index contributed by atoms with van der Waals surface area (Å²) in [6.45, 7) is 1.19. The Morgan fingerprint density at radius 1 is 1.00 bits per heavy atom. The van der Waals surface area contributed by atoms with Gasteiger partial charge in [0.15, 0.2) is 11.1 Å². The third-order valence-electron chi connectivity index (χ3n) is 1.99. The van der Waals surface area contributed by atoms with Crippen molar-refractivity contribution in [3.63, 3.8) is 0 Å². The molecule has 0 bridgehead atoms. The zero-order valence-electron chi connectivity index (χ0n) is 9.34. The third-order valence-corrected chi connectivity index (χ3v) is 4.72. The molecule has 0 aliphatic carbocycles. The molecular formula is C7H8O8S3Y. The molecule has 0 aromatic heterocycles. The molecule has 1 unspecified atom stereocenters. The molecule has 0 amide bonds. The van der Waals surface area contributed by atoms with E-state index in [-0.39, 0.29) is 38.3 Å². The van der Waals surface area contributed by atoms with Gasteiger partial charge >= 0.3 is 0 Å². The van der Waals surface area contributed by atoms with E-state index in [4.69, 9.17) is 13.7 Å². The van der Waals surface area contributed by atoms with E-state index >= 15 is 0 Å². The zero-order chi connectivity index (χ0) is 14.3. The Hall–Kier alpha value is 0.254. The van der Waals surface area contributed by atoms with Crippen LogP contribution in [0.15, 0.2) is 26.8 Å². The van der Waals surface area contributed by atoms with Gasteiger partial charge in [-0.25, -0.2) is 4.21 Å². The maximum atomic E-state index is 11.0. The summed E-state index contributed by atoms with van der Waals surface area (Å²) in [7, 11) is -9.62. The van der Waals surface area contributed by atoms with Gasteiger partial charge in [0.1, 0.15) is 4.90 Å². The van der Waals surface area contributed by atoms with Gasteiger partial charge in [-0.1, -0.05) is 0 Å². The van der Waals surface area contributed by atoms with Crippen molar-refractivity contribution in [2.24, 2.45) is 0 Å². The van der Waals surface area contributed by atoms with Gasteiger partial charge in [-0.2, -0.15) is 16.8 Å². The number of rotatable bonds is 3.